The van der Waals surface area contributed by atoms with Gasteiger partial charge in [0.25, 0.3) is 0 Å². The van der Waals surface area contributed by atoms with Gasteiger partial charge in [0.1, 0.15) is 5.65 Å². The van der Waals surface area contributed by atoms with Crippen molar-refractivity contribution in [2.24, 2.45) is 0 Å². The van der Waals surface area contributed by atoms with Crippen LogP contribution in [-0.4, -0.2) is 16.8 Å². The molecule has 0 fully saturated rings. The number of fused-ring (bicyclic) bond motifs is 4. The largest absolute Gasteiger partial charge is 0.454 e. The summed E-state index contributed by atoms with van der Waals surface area (Å²) in [6, 6.07) is 12.7. The Balaban J connectivity index is 1.86. The second kappa shape index (κ2) is 5.24. The fourth-order valence-corrected chi connectivity index (χ4v) is 3.65. The molecule has 4 heteroatoms. The molecule has 2 aromatic heterocycles. The molecule has 4 nitrogen and oxygen atoms in total. The molecular weight excluding hydrogens is 312 g/mol. The van der Waals surface area contributed by atoms with Crippen molar-refractivity contribution in [2.75, 3.05) is 6.79 Å². The Labute approximate surface area is 145 Å². The van der Waals surface area contributed by atoms with Crippen LogP contribution in [0.5, 0.6) is 11.5 Å². The Morgan fingerprint density at radius 1 is 1.08 bits per heavy atom. The van der Waals surface area contributed by atoms with Gasteiger partial charge >= 0.3 is 0 Å². The number of aromatic nitrogens is 2. The lowest BCUT2D eigenvalue weighted by molar-refractivity contribution is 0.174. The van der Waals surface area contributed by atoms with Crippen molar-refractivity contribution in [3.63, 3.8) is 0 Å². The molecule has 0 bridgehead atoms. The van der Waals surface area contributed by atoms with Gasteiger partial charge in [-0.05, 0) is 53.8 Å². The lowest BCUT2D eigenvalue weighted by Gasteiger charge is -2.09. The van der Waals surface area contributed by atoms with Crippen molar-refractivity contribution in [1.29, 1.82) is 0 Å². The monoisotopic (exact) mass is 330 g/mol. The molecule has 0 saturated heterocycles. The predicted octanol–water partition coefficient (Wildman–Crippen LogP) is 4.98. The lowest BCUT2D eigenvalue weighted by Crippen LogP contribution is -1.92. The summed E-state index contributed by atoms with van der Waals surface area (Å²) in [5.41, 5.74) is 6.87. The Bertz CT molecular complexity index is 1130. The van der Waals surface area contributed by atoms with E-state index in [0.29, 0.717) is 6.79 Å². The van der Waals surface area contributed by atoms with Crippen LogP contribution in [0.15, 0.2) is 42.6 Å². The van der Waals surface area contributed by atoms with E-state index in [9.17, 15) is 0 Å². The van der Waals surface area contributed by atoms with Gasteiger partial charge in [0.05, 0.1) is 5.52 Å². The number of aromatic amines is 1. The van der Waals surface area contributed by atoms with E-state index in [1.165, 1.54) is 22.0 Å². The molecule has 1 N–H and O–H groups in total. The molecule has 0 atom stereocenters. The molecule has 0 radical (unpaired) electrons. The van der Waals surface area contributed by atoms with Crippen LogP contribution in [0.25, 0.3) is 33.1 Å². The van der Waals surface area contributed by atoms with Crippen LogP contribution in [0.1, 0.15) is 18.1 Å². The maximum atomic E-state index is 5.56. The molecule has 0 unspecified atom stereocenters. The minimum atomic E-state index is 0.291. The number of nitrogens with zero attached hydrogens (tertiary/aromatic N) is 1. The average molecular weight is 330 g/mol. The number of aryl methyl sites for hydroxylation is 2. The molecule has 0 spiro atoms. The van der Waals surface area contributed by atoms with Crippen molar-refractivity contribution < 1.29 is 9.47 Å². The average Bonchev–Trinajstić information content (AvgIpc) is 3.24. The van der Waals surface area contributed by atoms with Crippen molar-refractivity contribution in [2.45, 2.75) is 20.3 Å². The number of H-pyrrole nitrogens is 1. The van der Waals surface area contributed by atoms with Crippen LogP contribution in [0.2, 0.25) is 0 Å². The van der Waals surface area contributed by atoms with Gasteiger partial charge < -0.3 is 14.5 Å². The van der Waals surface area contributed by atoms with E-state index in [4.69, 9.17) is 9.47 Å². The summed E-state index contributed by atoms with van der Waals surface area (Å²) in [4.78, 5) is 8.11. The first-order valence-corrected chi connectivity index (χ1v) is 8.54. The molecule has 0 amide bonds. The van der Waals surface area contributed by atoms with E-state index in [1.807, 2.05) is 12.3 Å². The fourth-order valence-electron chi connectivity index (χ4n) is 3.65. The van der Waals surface area contributed by atoms with Crippen LogP contribution in [0.3, 0.4) is 0 Å². The van der Waals surface area contributed by atoms with Gasteiger partial charge in [-0.1, -0.05) is 25.1 Å². The SMILES string of the molecule is CCc1ccc(-c2ccc3c(c2)OCO3)c2c1[nH]c1ncc(C)cc12. The van der Waals surface area contributed by atoms with Crippen molar-refractivity contribution in [3.8, 4) is 22.6 Å². The molecule has 1 aliphatic heterocycles. The summed E-state index contributed by atoms with van der Waals surface area (Å²) in [5.74, 6) is 1.61. The molecule has 3 heterocycles. The zero-order valence-corrected chi connectivity index (χ0v) is 14.2. The summed E-state index contributed by atoms with van der Waals surface area (Å²) in [6.07, 6.45) is 2.88. The van der Waals surface area contributed by atoms with E-state index in [0.717, 1.165) is 40.1 Å². The van der Waals surface area contributed by atoms with Gasteiger partial charge in [-0.25, -0.2) is 4.98 Å². The van der Waals surface area contributed by atoms with Crippen molar-refractivity contribution >= 4 is 21.9 Å². The molecule has 4 aromatic rings. The highest BCUT2D eigenvalue weighted by Crippen LogP contribution is 2.40. The highest BCUT2D eigenvalue weighted by molar-refractivity contribution is 6.14. The Morgan fingerprint density at radius 2 is 1.96 bits per heavy atom. The molecule has 2 aromatic carbocycles. The molecule has 5 rings (SSSR count). The maximum Gasteiger partial charge on any atom is 0.231 e. The normalized spacial score (nSPS) is 13.0. The van der Waals surface area contributed by atoms with E-state index < -0.39 is 0 Å². The first-order valence-electron chi connectivity index (χ1n) is 8.54. The number of hydrogen-bond donors (Lipinski definition) is 1. The molecule has 25 heavy (non-hydrogen) atoms. The minimum absolute atomic E-state index is 0.291. The smallest absolute Gasteiger partial charge is 0.231 e. The summed E-state index contributed by atoms with van der Waals surface area (Å²) in [7, 11) is 0. The Kier molecular flexibility index (Phi) is 3.01. The molecule has 0 aliphatic carbocycles. The van der Waals surface area contributed by atoms with Crippen LogP contribution in [0.4, 0.5) is 0 Å². The lowest BCUT2D eigenvalue weighted by atomic mass is 9.96. The van der Waals surface area contributed by atoms with E-state index in [1.54, 1.807) is 0 Å². The van der Waals surface area contributed by atoms with Crippen molar-refractivity contribution in [3.05, 3.63) is 53.7 Å². The number of ether oxygens (including phenoxy) is 2. The van der Waals surface area contributed by atoms with Crippen LogP contribution in [0, 0.1) is 6.92 Å². The Morgan fingerprint density at radius 3 is 2.84 bits per heavy atom. The van der Waals surface area contributed by atoms with Gasteiger partial charge in [-0.2, -0.15) is 0 Å². The molecular formula is C21H18N2O2. The summed E-state index contributed by atoms with van der Waals surface area (Å²) >= 11 is 0. The first kappa shape index (κ1) is 14.3. The zero-order chi connectivity index (χ0) is 17.0. The topological polar surface area (TPSA) is 47.1 Å². The molecule has 124 valence electrons. The number of hydrogen-bond acceptors (Lipinski definition) is 3. The number of benzene rings is 2. The number of nitrogens with one attached hydrogen (secondary N) is 1. The first-order chi connectivity index (χ1) is 12.2. The summed E-state index contributed by atoms with van der Waals surface area (Å²) in [5, 5.41) is 2.39. The number of rotatable bonds is 2. The summed E-state index contributed by atoms with van der Waals surface area (Å²) < 4.78 is 11.0. The zero-order valence-electron chi connectivity index (χ0n) is 14.2. The second-order valence-electron chi connectivity index (χ2n) is 6.48. The van der Waals surface area contributed by atoms with Crippen molar-refractivity contribution in [1.82, 2.24) is 9.97 Å². The standard InChI is InChI=1S/C21H18N2O2/c1-3-13-4-6-15(14-5-7-17-18(9-14)25-11-24-17)19-16-8-12(2)10-22-21(16)23-20(13)19/h4-10H,3,11H2,1-2H3,(H,22,23). The van der Waals surface area contributed by atoms with Gasteiger partial charge in [-0.15, -0.1) is 0 Å². The Hall–Kier alpha value is -3.01. The van der Waals surface area contributed by atoms with Gasteiger partial charge in [0, 0.05) is 17.0 Å². The third kappa shape index (κ3) is 2.10. The fraction of sp³-hybridized carbons (Fsp3) is 0.190. The number of pyridine rings is 1. The van der Waals surface area contributed by atoms with Crippen LogP contribution < -0.4 is 9.47 Å². The third-order valence-corrected chi connectivity index (χ3v) is 4.89. The predicted molar refractivity (Wildman–Crippen MR) is 99.3 cm³/mol. The van der Waals surface area contributed by atoms with Crippen LogP contribution in [-0.2, 0) is 6.42 Å². The summed E-state index contributed by atoms with van der Waals surface area (Å²) in [6.45, 7) is 4.55. The van der Waals surface area contributed by atoms with E-state index >= 15 is 0 Å². The van der Waals surface area contributed by atoms with Gasteiger partial charge in [-0.3, -0.25) is 0 Å². The molecule has 1 aliphatic rings. The third-order valence-electron chi connectivity index (χ3n) is 4.89. The molecule has 0 saturated carbocycles. The van der Waals surface area contributed by atoms with E-state index in [2.05, 4.69) is 54.1 Å². The maximum absolute atomic E-state index is 5.56. The van der Waals surface area contributed by atoms with Gasteiger partial charge in [0.2, 0.25) is 6.79 Å². The minimum Gasteiger partial charge on any atom is -0.454 e. The quantitative estimate of drug-likeness (QED) is 0.564. The van der Waals surface area contributed by atoms with Crippen LogP contribution >= 0.6 is 0 Å². The van der Waals surface area contributed by atoms with Gasteiger partial charge in [0.15, 0.2) is 11.5 Å². The van der Waals surface area contributed by atoms with E-state index in [-0.39, 0.29) is 0 Å². The highest BCUT2D eigenvalue weighted by Gasteiger charge is 2.18. The second-order valence-corrected chi connectivity index (χ2v) is 6.48. The highest BCUT2D eigenvalue weighted by atomic mass is 16.7.